The van der Waals surface area contributed by atoms with Gasteiger partial charge in [0.2, 0.25) is 0 Å². The van der Waals surface area contributed by atoms with Gasteiger partial charge in [0.05, 0.1) is 16.9 Å². The lowest BCUT2D eigenvalue weighted by Crippen LogP contribution is -2.13. The Labute approximate surface area is 109 Å². The molecule has 0 saturated heterocycles. The summed E-state index contributed by atoms with van der Waals surface area (Å²) in [6.07, 6.45) is 1.22. The molecule has 18 heavy (non-hydrogen) atoms. The van der Waals surface area contributed by atoms with Crippen molar-refractivity contribution in [1.29, 1.82) is 0 Å². The number of phenols is 1. The lowest BCUT2D eigenvalue weighted by atomic mass is 10.3. The first-order valence-corrected chi connectivity index (χ1v) is 6.77. The second-order valence-electron chi connectivity index (χ2n) is 3.60. The van der Waals surface area contributed by atoms with Crippen molar-refractivity contribution in [2.24, 2.45) is 0 Å². The highest BCUT2D eigenvalue weighted by molar-refractivity contribution is 7.92. The van der Waals surface area contributed by atoms with Crippen molar-refractivity contribution in [2.75, 3.05) is 4.72 Å². The molecule has 2 aromatic rings. The molecule has 0 unspecified atom stereocenters. The summed E-state index contributed by atoms with van der Waals surface area (Å²) in [5.41, 5.74) is 0.255. The maximum atomic E-state index is 11.9. The summed E-state index contributed by atoms with van der Waals surface area (Å²) in [5, 5.41) is 9.27. The number of nitrogens with zero attached hydrogens (tertiary/aromatic N) is 1. The van der Waals surface area contributed by atoms with Crippen LogP contribution in [0.2, 0.25) is 5.02 Å². The van der Waals surface area contributed by atoms with Gasteiger partial charge in [-0.15, -0.1) is 0 Å². The topological polar surface area (TPSA) is 95.1 Å². The fourth-order valence-electron chi connectivity index (χ4n) is 1.32. The van der Waals surface area contributed by atoms with E-state index in [4.69, 9.17) is 11.6 Å². The molecule has 0 aliphatic carbocycles. The first kappa shape index (κ1) is 12.7. The van der Waals surface area contributed by atoms with Crippen LogP contribution in [0.5, 0.6) is 5.75 Å². The number of aromatic nitrogens is 2. The number of anilines is 1. The lowest BCUT2D eigenvalue weighted by Gasteiger charge is -2.06. The van der Waals surface area contributed by atoms with Crippen molar-refractivity contribution in [2.45, 2.75) is 11.9 Å². The summed E-state index contributed by atoms with van der Waals surface area (Å²) in [5.74, 6) is 0.385. The number of imidazole rings is 1. The van der Waals surface area contributed by atoms with Gasteiger partial charge in [0.15, 0.2) is 5.03 Å². The van der Waals surface area contributed by atoms with E-state index in [0.717, 1.165) is 0 Å². The highest BCUT2D eigenvalue weighted by Gasteiger charge is 2.17. The van der Waals surface area contributed by atoms with Crippen LogP contribution in [0.15, 0.2) is 29.4 Å². The SMILES string of the molecule is Cc1ncc(S(=O)(=O)Nc2ccc(O)c(Cl)c2)[nH]1. The lowest BCUT2D eigenvalue weighted by molar-refractivity contribution is 0.475. The summed E-state index contributed by atoms with van der Waals surface area (Å²) in [6, 6.07) is 4.03. The molecule has 1 aromatic heterocycles. The monoisotopic (exact) mass is 287 g/mol. The number of halogens is 1. The molecule has 1 aromatic carbocycles. The number of aryl methyl sites for hydroxylation is 1. The largest absolute Gasteiger partial charge is 0.506 e. The van der Waals surface area contributed by atoms with Gasteiger partial charge in [-0.25, -0.2) is 4.98 Å². The zero-order valence-electron chi connectivity index (χ0n) is 9.31. The summed E-state index contributed by atoms with van der Waals surface area (Å²) in [6.45, 7) is 1.65. The Bertz CT molecular complexity index is 681. The van der Waals surface area contributed by atoms with Gasteiger partial charge in [-0.2, -0.15) is 8.42 Å². The molecule has 0 fully saturated rings. The number of phenolic OH excluding ortho intramolecular Hbond substituents is 1. The van der Waals surface area contributed by atoms with E-state index in [-0.39, 0.29) is 21.5 Å². The first-order valence-electron chi connectivity index (χ1n) is 4.91. The van der Waals surface area contributed by atoms with E-state index >= 15 is 0 Å². The predicted molar refractivity (Wildman–Crippen MR) is 67.3 cm³/mol. The second kappa shape index (κ2) is 4.51. The van der Waals surface area contributed by atoms with Crippen molar-refractivity contribution >= 4 is 27.3 Å². The molecule has 2 rings (SSSR count). The van der Waals surface area contributed by atoms with Gasteiger partial charge in [-0.3, -0.25) is 4.72 Å². The number of benzene rings is 1. The van der Waals surface area contributed by atoms with Gasteiger partial charge in [-0.05, 0) is 25.1 Å². The van der Waals surface area contributed by atoms with Crippen molar-refractivity contribution in [1.82, 2.24) is 9.97 Å². The standard InChI is InChI=1S/C10H10ClN3O3S/c1-6-12-5-10(13-6)18(16,17)14-7-2-3-9(15)8(11)4-7/h2-5,14-15H,1H3,(H,12,13). The first-order chi connectivity index (χ1) is 8.38. The molecule has 0 bridgehead atoms. The molecular formula is C10H10ClN3O3S. The highest BCUT2D eigenvalue weighted by Crippen LogP contribution is 2.27. The predicted octanol–water partition coefficient (Wildman–Crippen LogP) is 1.88. The molecule has 0 atom stereocenters. The zero-order valence-corrected chi connectivity index (χ0v) is 10.9. The molecule has 1 heterocycles. The smallest absolute Gasteiger partial charge is 0.278 e. The van der Waals surface area contributed by atoms with Crippen LogP contribution in [0.1, 0.15) is 5.82 Å². The van der Waals surface area contributed by atoms with E-state index < -0.39 is 10.0 Å². The van der Waals surface area contributed by atoms with Crippen LogP contribution in [-0.4, -0.2) is 23.5 Å². The Balaban J connectivity index is 2.30. The Morgan fingerprint density at radius 2 is 2.17 bits per heavy atom. The van der Waals surface area contributed by atoms with Gasteiger partial charge in [0.1, 0.15) is 11.6 Å². The van der Waals surface area contributed by atoms with E-state index in [1.54, 1.807) is 6.92 Å². The van der Waals surface area contributed by atoms with Gasteiger partial charge < -0.3 is 10.1 Å². The van der Waals surface area contributed by atoms with Crippen molar-refractivity contribution in [3.8, 4) is 5.75 Å². The van der Waals surface area contributed by atoms with Crippen molar-refractivity contribution in [3.63, 3.8) is 0 Å². The summed E-state index contributed by atoms with van der Waals surface area (Å²) in [7, 11) is -3.73. The Morgan fingerprint density at radius 1 is 1.44 bits per heavy atom. The van der Waals surface area contributed by atoms with Crippen molar-refractivity contribution < 1.29 is 13.5 Å². The Morgan fingerprint density at radius 3 is 2.72 bits per heavy atom. The molecule has 0 aliphatic rings. The number of rotatable bonds is 3. The van der Waals surface area contributed by atoms with Crippen LogP contribution in [0, 0.1) is 6.92 Å². The van der Waals surface area contributed by atoms with Crippen LogP contribution in [0.4, 0.5) is 5.69 Å². The third-order valence-electron chi connectivity index (χ3n) is 2.17. The third-order valence-corrected chi connectivity index (χ3v) is 3.76. The molecule has 0 spiro atoms. The van der Waals surface area contributed by atoms with Crippen LogP contribution in [0.25, 0.3) is 0 Å². The van der Waals surface area contributed by atoms with Gasteiger partial charge in [-0.1, -0.05) is 11.6 Å². The maximum absolute atomic E-state index is 11.9. The highest BCUT2D eigenvalue weighted by atomic mass is 35.5. The third kappa shape index (κ3) is 2.57. The number of sulfonamides is 1. The fourth-order valence-corrected chi connectivity index (χ4v) is 2.52. The average Bonchev–Trinajstić information content (AvgIpc) is 2.71. The quantitative estimate of drug-likeness (QED) is 0.751. The van der Waals surface area contributed by atoms with Crippen LogP contribution in [0.3, 0.4) is 0 Å². The Hall–Kier alpha value is -1.73. The molecule has 96 valence electrons. The average molecular weight is 288 g/mol. The molecule has 6 nitrogen and oxygen atoms in total. The molecule has 3 N–H and O–H groups in total. The summed E-state index contributed by atoms with van der Waals surface area (Å²) in [4.78, 5) is 6.43. The summed E-state index contributed by atoms with van der Waals surface area (Å²) < 4.78 is 26.2. The molecule has 0 saturated carbocycles. The molecule has 8 heteroatoms. The number of nitrogens with one attached hydrogen (secondary N) is 2. The number of hydrogen-bond acceptors (Lipinski definition) is 4. The van der Waals surface area contributed by atoms with Crippen LogP contribution in [-0.2, 0) is 10.0 Å². The van der Waals surface area contributed by atoms with E-state index in [1.165, 1.54) is 24.4 Å². The van der Waals surface area contributed by atoms with Gasteiger partial charge >= 0.3 is 0 Å². The number of H-pyrrole nitrogens is 1. The van der Waals surface area contributed by atoms with E-state index in [1.807, 2.05) is 0 Å². The number of aromatic hydroxyl groups is 1. The zero-order chi connectivity index (χ0) is 13.3. The minimum absolute atomic E-state index is 0.0378. The fraction of sp³-hybridized carbons (Fsp3) is 0.100. The summed E-state index contributed by atoms with van der Waals surface area (Å²) >= 11 is 5.69. The van der Waals surface area contributed by atoms with Gasteiger partial charge in [0.25, 0.3) is 10.0 Å². The normalized spacial score (nSPS) is 11.4. The van der Waals surface area contributed by atoms with E-state index in [9.17, 15) is 13.5 Å². The second-order valence-corrected chi connectivity index (χ2v) is 5.66. The minimum Gasteiger partial charge on any atom is -0.506 e. The van der Waals surface area contributed by atoms with Crippen molar-refractivity contribution in [3.05, 3.63) is 35.2 Å². The van der Waals surface area contributed by atoms with E-state index in [0.29, 0.717) is 5.82 Å². The molecule has 0 amide bonds. The number of hydrogen-bond donors (Lipinski definition) is 3. The molecular weight excluding hydrogens is 278 g/mol. The molecule has 0 radical (unpaired) electrons. The Kier molecular flexibility index (Phi) is 3.18. The number of aromatic amines is 1. The maximum Gasteiger partial charge on any atom is 0.278 e. The van der Waals surface area contributed by atoms with E-state index in [2.05, 4.69) is 14.7 Å². The van der Waals surface area contributed by atoms with Gasteiger partial charge in [0, 0.05) is 0 Å². The minimum atomic E-state index is -3.73. The molecule has 0 aliphatic heterocycles. The van der Waals surface area contributed by atoms with Crippen LogP contribution >= 0.6 is 11.6 Å². The van der Waals surface area contributed by atoms with Crippen LogP contribution < -0.4 is 4.72 Å².